The number of hydrogen-bond donors (Lipinski definition) is 1. The highest BCUT2D eigenvalue weighted by atomic mass is 16.5. The second-order valence-corrected chi connectivity index (χ2v) is 5.00. The lowest BCUT2D eigenvalue weighted by Crippen LogP contribution is -2.19. The number of aromatic amines is 1. The Morgan fingerprint density at radius 1 is 1.35 bits per heavy atom. The second-order valence-electron chi connectivity index (χ2n) is 5.00. The SMILES string of the molecule is CC(C)c1nc(CN(C)c2ncnc3[nH]ccc23)no1. The maximum atomic E-state index is 5.21. The largest absolute Gasteiger partial charge is 0.351 e. The van der Waals surface area contributed by atoms with Crippen molar-refractivity contribution in [1.29, 1.82) is 0 Å². The highest BCUT2D eigenvalue weighted by molar-refractivity contribution is 5.87. The van der Waals surface area contributed by atoms with Gasteiger partial charge in [-0.15, -0.1) is 0 Å². The van der Waals surface area contributed by atoms with Gasteiger partial charge in [0.2, 0.25) is 5.89 Å². The molecule has 0 amide bonds. The molecule has 0 radical (unpaired) electrons. The van der Waals surface area contributed by atoms with Gasteiger partial charge < -0.3 is 14.4 Å². The molecule has 3 aromatic rings. The number of nitrogens with zero attached hydrogens (tertiary/aromatic N) is 5. The molecule has 3 rings (SSSR count). The molecule has 104 valence electrons. The van der Waals surface area contributed by atoms with Gasteiger partial charge in [-0.05, 0) is 6.07 Å². The molecule has 0 aromatic carbocycles. The fourth-order valence-electron chi connectivity index (χ4n) is 2.02. The summed E-state index contributed by atoms with van der Waals surface area (Å²) in [5, 5.41) is 4.97. The first-order chi connectivity index (χ1) is 9.65. The van der Waals surface area contributed by atoms with Gasteiger partial charge in [-0.3, -0.25) is 0 Å². The Kier molecular flexibility index (Phi) is 3.09. The number of anilines is 1. The highest BCUT2D eigenvalue weighted by Crippen LogP contribution is 2.22. The van der Waals surface area contributed by atoms with Crippen LogP contribution in [0.25, 0.3) is 11.0 Å². The van der Waals surface area contributed by atoms with E-state index in [0.29, 0.717) is 18.3 Å². The van der Waals surface area contributed by atoms with Gasteiger partial charge in [-0.25, -0.2) is 9.97 Å². The van der Waals surface area contributed by atoms with Gasteiger partial charge in [-0.2, -0.15) is 4.98 Å². The van der Waals surface area contributed by atoms with Crippen LogP contribution in [-0.4, -0.2) is 32.1 Å². The Balaban J connectivity index is 1.85. The normalized spacial score (nSPS) is 11.4. The third-order valence-electron chi connectivity index (χ3n) is 3.05. The molecule has 1 N–H and O–H groups in total. The van der Waals surface area contributed by atoms with Crippen LogP contribution >= 0.6 is 0 Å². The molecule has 0 aliphatic heterocycles. The first-order valence-corrected chi connectivity index (χ1v) is 6.47. The zero-order valence-electron chi connectivity index (χ0n) is 11.7. The monoisotopic (exact) mass is 272 g/mol. The van der Waals surface area contributed by atoms with E-state index in [0.717, 1.165) is 16.9 Å². The molecule has 0 atom stereocenters. The van der Waals surface area contributed by atoms with Gasteiger partial charge >= 0.3 is 0 Å². The van der Waals surface area contributed by atoms with E-state index >= 15 is 0 Å². The highest BCUT2D eigenvalue weighted by Gasteiger charge is 2.14. The third-order valence-corrected chi connectivity index (χ3v) is 3.05. The van der Waals surface area contributed by atoms with E-state index in [1.807, 2.05) is 38.1 Å². The number of rotatable bonds is 4. The van der Waals surface area contributed by atoms with Crippen LogP contribution in [0, 0.1) is 0 Å². The molecule has 20 heavy (non-hydrogen) atoms. The lowest BCUT2D eigenvalue weighted by Gasteiger charge is -2.16. The number of H-pyrrole nitrogens is 1. The number of nitrogens with one attached hydrogen (secondary N) is 1. The molecule has 0 unspecified atom stereocenters. The van der Waals surface area contributed by atoms with E-state index in [1.54, 1.807) is 6.33 Å². The van der Waals surface area contributed by atoms with Crippen molar-refractivity contribution in [2.24, 2.45) is 0 Å². The molecule has 0 aliphatic carbocycles. The minimum absolute atomic E-state index is 0.233. The van der Waals surface area contributed by atoms with Gasteiger partial charge in [0.1, 0.15) is 17.8 Å². The molecule has 7 nitrogen and oxygen atoms in total. The van der Waals surface area contributed by atoms with Gasteiger partial charge in [0.15, 0.2) is 5.82 Å². The van der Waals surface area contributed by atoms with Gasteiger partial charge in [0.25, 0.3) is 0 Å². The summed E-state index contributed by atoms with van der Waals surface area (Å²) in [4.78, 5) is 17.9. The van der Waals surface area contributed by atoms with Crippen LogP contribution in [0.5, 0.6) is 0 Å². The average molecular weight is 272 g/mol. The summed E-state index contributed by atoms with van der Waals surface area (Å²) in [5.41, 5.74) is 0.817. The Morgan fingerprint density at radius 2 is 2.20 bits per heavy atom. The Morgan fingerprint density at radius 3 is 2.95 bits per heavy atom. The van der Waals surface area contributed by atoms with Crippen LogP contribution in [0.2, 0.25) is 0 Å². The van der Waals surface area contributed by atoms with Crippen molar-refractivity contribution in [1.82, 2.24) is 25.1 Å². The summed E-state index contributed by atoms with van der Waals surface area (Å²) < 4.78 is 5.21. The zero-order chi connectivity index (χ0) is 14.1. The van der Waals surface area contributed by atoms with Crippen LogP contribution in [0.15, 0.2) is 23.1 Å². The van der Waals surface area contributed by atoms with E-state index in [9.17, 15) is 0 Å². The van der Waals surface area contributed by atoms with E-state index in [4.69, 9.17) is 4.52 Å². The lowest BCUT2D eigenvalue weighted by molar-refractivity contribution is 0.360. The molecule has 0 saturated heterocycles. The number of aromatic nitrogens is 5. The predicted octanol–water partition coefficient (Wildman–Crippen LogP) is 2.10. The smallest absolute Gasteiger partial charge is 0.229 e. The van der Waals surface area contributed by atoms with Crippen LogP contribution in [0.1, 0.15) is 31.5 Å². The lowest BCUT2D eigenvalue weighted by atomic mass is 10.2. The molecule has 0 aliphatic rings. The first kappa shape index (κ1) is 12.6. The van der Waals surface area contributed by atoms with Crippen molar-refractivity contribution < 1.29 is 4.52 Å². The van der Waals surface area contributed by atoms with Crippen molar-refractivity contribution in [2.45, 2.75) is 26.3 Å². The molecule has 0 bridgehead atoms. The average Bonchev–Trinajstić information content (AvgIpc) is 3.05. The molecular weight excluding hydrogens is 256 g/mol. The fourth-order valence-corrected chi connectivity index (χ4v) is 2.02. The first-order valence-electron chi connectivity index (χ1n) is 6.47. The fraction of sp³-hybridized carbons (Fsp3) is 0.385. The van der Waals surface area contributed by atoms with E-state index in [2.05, 4.69) is 25.1 Å². The van der Waals surface area contributed by atoms with Crippen LogP contribution < -0.4 is 4.90 Å². The summed E-state index contributed by atoms with van der Waals surface area (Å²) in [5.74, 6) is 2.38. The second kappa shape index (κ2) is 4.92. The quantitative estimate of drug-likeness (QED) is 0.783. The standard InChI is InChI=1S/C13H16N6O/c1-8(2)13-17-10(18-20-13)6-19(3)12-9-4-5-14-11(9)15-7-16-12/h4-5,7-8H,6H2,1-3H3,(H,14,15,16). The van der Waals surface area contributed by atoms with Crippen LogP contribution in [0.4, 0.5) is 5.82 Å². The van der Waals surface area contributed by atoms with E-state index in [1.165, 1.54) is 0 Å². The topological polar surface area (TPSA) is 83.7 Å². The summed E-state index contributed by atoms with van der Waals surface area (Å²) in [6, 6.07) is 1.96. The van der Waals surface area contributed by atoms with E-state index in [-0.39, 0.29) is 5.92 Å². The summed E-state index contributed by atoms with van der Waals surface area (Å²) in [6.45, 7) is 4.58. The maximum Gasteiger partial charge on any atom is 0.229 e. The third kappa shape index (κ3) is 2.22. The Labute approximate surface area is 116 Å². The molecule has 0 saturated carbocycles. The van der Waals surface area contributed by atoms with E-state index < -0.39 is 0 Å². The summed E-state index contributed by atoms with van der Waals surface area (Å²) in [6.07, 6.45) is 3.39. The van der Waals surface area contributed by atoms with Crippen molar-refractivity contribution in [3.63, 3.8) is 0 Å². The van der Waals surface area contributed by atoms with Crippen molar-refractivity contribution >= 4 is 16.9 Å². The predicted molar refractivity (Wildman–Crippen MR) is 74.4 cm³/mol. The summed E-state index contributed by atoms with van der Waals surface area (Å²) in [7, 11) is 1.94. The van der Waals surface area contributed by atoms with Crippen LogP contribution in [-0.2, 0) is 6.54 Å². The van der Waals surface area contributed by atoms with Gasteiger partial charge in [-0.1, -0.05) is 19.0 Å². The minimum Gasteiger partial charge on any atom is -0.351 e. The number of hydrogen-bond acceptors (Lipinski definition) is 6. The van der Waals surface area contributed by atoms with Gasteiger partial charge in [0.05, 0.1) is 11.9 Å². The maximum absolute atomic E-state index is 5.21. The Bertz CT molecular complexity index is 716. The minimum atomic E-state index is 0.233. The van der Waals surface area contributed by atoms with Gasteiger partial charge in [0, 0.05) is 19.2 Å². The molecule has 0 spiro atoms. The van der Waals surface area contributed by atoms with Crippen molar-refractivity contribution in [2.75, 3.05) is 11.9 Å². The molecular formula is C13H16N6O. The van der Waals surface area contributed by atoms with Crippen molar-refractivity contribution in [3.05, 3.63) is 30.3 Å². The molecule has 0 fully saturated rings. The molecule has 3 heterocycles. The van der Waals surface area contributed by atoms with Crippen molar-refractivity contribution in [3.8, 4) is 0 Å². The Hall–Kier alpha value is -2.44. The molecule has 7 heteroatoms. The number of fused-ring (bicyclic) bond motifs is 1. The summed E-state index contributed by atoms with van der Waals surface area (Å²) >= 11 is 0. The zero-order valence-corrected chi connectivity index (χ0v) is 11.7. The van der Waals surface area contributed by atoms with Crippen LogP contribution in [0.3, 0.4) is 0 Å². The molecule has 3 aromatic heterocycles.